The van der Waals surface area contributed by atoms with Gasteiger partial charge in [-0.3, -0.25) is 0 Å². The first kappa shape index (κ1) is 9.79. The predicted octanol–water partition coefficient (Wildman–Crippen LogP) is 2.72. The zero-order valence-corrected chi connectivity index (χ0v) is 8.51. The van der Waals surface area contributed by atoms with E-state index in [-0.39, 0.29) is 0 Å². The maximum absolute atomic E-state index is 5.82. The monoisotopic (exact) mass is 167 g/mol. The first-order valence-electron chi connectivity index (χ1n) is 5.03. The molecule has 0 bridgehead atoms. The Morgan fingerprint density at radius 1 is 1.67 bits per heavy atom. The number of hydrogen-bond donors (Lipinski definition) is 1. The summed E-state index contributed by atoms with van der Waals surface area (Å²) in [5.74, 6) is 1.58. The zero-order valence-electron chi connectivity index (χ0n) is 8.51. The highest BCUT2D eigenvalue weighted by Gasteiger charge is 2.22. The molecule has 70 valence electrons. The molecule has 0 spiro atoms. The molecule has 1 rings (SSSR count). The molecule has 0 aliphatic heterocycles. The van der Waals surface area contributed by atoms with E-state index in [1.165, 1.54) is 12.8 Å². The Labute approximate surface area is 76.0 Å². The molecular weight excluding hydrogens is 146 g/mol. The lowest BCUT2D eigenvalue weighted by atomic mass is 9.77. The van der Waals surface area contributed by atoms with Gasteiger partial charge in [-0.1, -0.05) is 18.6 Å². The molecule has 0 saturated heterocycles. The third-order valence-electron chi connectivity index (χ3n) is 2.99. The standard InChI is InChI=1S/C11H21N/c1-8-5-4-6-9(2)11(8)7-10(3)12/h5,9-11H,4,6-7,12H2,1-3H3. The summed E-state index contributed by atoms with van der Waals surface area (Å²) in [5, 5.41) is 0. The summed E-state index contributed by atoms with van der Waals surface area (Å²) in [7, 11) is 0. The third kappa shape index (κ3) is 2.34. The average Bonchev–Trinajstić information content (AvgIpc) is 1.97. The summed E-state index contributed by atoms with van der Waals surface area (Å²) >= 11 is 0. The van der Waals surface area contributed by atoms with Gasteiger partial charge in [-0.15, -0.1) is 0 Å². The molecule has 0 saturated carbocycles. The lowest BCUT2D eigenvalue weighted by Crippen LogP contribution is -2.25. The van der Waals surface area contributed by atoms with Crippen LogP contribution in [0, 0.1) is 11.8 Å². The van der Waals surface area contributed by atoms with Crippen molar-refractivity contribution in [2.75, 3.05) is 0 Å². The molecule has 12 heavy (non-hydrogen) atoms. The molecule has 1 heteroatoms. The van der Waals surface area contributed by atoms with E-state index in [1.54, 1.807) is 5.57 Å². The van der Waals surface area contributed by atoms with E-state index in [9.17, 15) is 0 Å². The molecule has 0 aromatic carbocycles. The molecule has 1 nitrogen and oxygen atoms in total. The fourth-order valence-electron chi connectivity index (χ4n) is 2.19. The summed E-state index contributed by atoms with van der Waals surface area (Å²) in [6.07, 6.45) is 6.15. The van der Waals surface area contributed by atoms with Crippen molar-refractivity contribution in [3.63, 3.8) is 0 Å². The van der Waals surface area contributed by atoms with Gasteiger partial charge in [0.2, 0.25) is 0 Å². The molecule has 3 atom stereocenters. The third-order valence-corrected chi connectivity index (χ3v) is 2.99. The van der Waals surface area contributed by atoms with Gasteiger partial charge >= 0.3 is 0 Å². The minimum atomic E-state index is 0.346. The Kier molecular flexibility index (Phi) is 3.33. The Morgan fingerprint density at radius 2 is 2.33 bits per heavy atom. The van der Waals surface area contributed by atoms with Crippen LogP contribution in [0.15, 0.2) is 11.6 Å². The van der Waals surface area contributed by atoms with E-state index in [0.29, 0.717) is 6.04 Å². The van der Waals surface area contributed by atoms with Crippen molar-refractivity contribution in [3.05, 3.63) is 11.6 Å². The largest absolute Gasteiger partial charge is 0.328 e. The van der Waals surface area contributed by atoms with Crippen LogP contribution in [0.3, 0.4) is 0 Å². The molecular formula is C11H21N. The number of nitrogens with two attached hydrogens (primary N) is 1. The van der Waals surface area contributed by atoms with Gasteiger partial charge in [0.05, 0.1) is 0 Å². The summed E-state index contributed by atoms with van der Waals surface area (Å²) in [4.78, 5) is 0. The molecule has 1 aliphatic carbocycles. The molecule has 0 radical (unpaired) electrons. The minimum absolute atomic E-state index is 0.346. The maximum Gasteiger partial charge on any atom is 0.00162 e. The maximum atomic E-state index is 5.82. The highest BCUT2D eigenvalue weighted by molar-refractivity contribution is 5.08. The predicted molar refractivity (Wildman–Crippen MR) is 53.9 cm³/mol. The highest BCUT2D eigenvalue weighted by Crippen LogP contribution is 2.32. The van der Waals surface area contributed by atoms with Crippen LogP contribution in [0.1, 0.15) is 40.0 Å². The van der Waals surface area contributed by atoms with Gasteiger partial charge in [-0.05, 0) is 44.9 Å². The normalized spacial score (nSPS) is 32.8. The van der Waals surface area contributed by atoms with E-state index >= 15 is 0 Å². The Bertz CT molecular complexity index is 170. The lowest BCUT2D eigenvalue weighted by Gasteiger charge is -2.29. The van der Waals surface area contributed by atoms with Crippen LogP contribution in [0.2, 0.25) is 0 Å². The van der Waals surface area contributed by atoms with Crippen LogP contribution in [0.5, 0.6) is 0 Å². The fraction of sp³-hybridized carbons (Fsp3) is 0.818. The van der Waals surface area contributed by atoms with E-state index in [1.807, 2.05) is 0 Å². The topological polar surface area (TPSA) is 26.0 Å². The van der Waals surface area contributed by atoms with Gasteiger partial charge in [0.15, 0.2) is 0 Å². The van der Waals surface area contributed by atoms with Crippen molar-refractivity contribution in [1.82, 2.24) is 0 Å². The number of hydrogen-bond acceptors (Lipinski definition) is 1. The van der Waals surface area contributed by atoms with E-state index in [4.69, 9.17) is 5.73 Å². The second-order valence-corrected chi connectivity index (χ2v) is 4.32. The molecule has 0 aromatic rings. The van der Waals surface area contributed by atoms with Gasteiger partial charge in [0.1, 0.15) is 0 Å². The fourth-order valence-corrected chi connectivity index (χ4v) is 2.19. The SMILES string of the molecule is CC1=CCCC(C)C1CC(C)N. The molecule has 0 heterocycles. The van der Waals surface area contributed by atoms with Gasteiger partial charge in [-0.2, -0.15) is 0 Å². The number of allylic oxidation sites excluding steroid dienone is 2. The van der Waals surface area contributed by atoms with Crippen molar-refractivity contribution in [2.24, 2.45) is 17.6 Å². The van der Waals surface area contributed by atoms with Crippen molar-refractivity contribution in [3.8, 4) is 0 Å². The van der Waals surface area contributed by atoms with Crippen molar-refractivity contribution < 1.29 is 0 Å². The number of rotatable bonds is 2. The smallest absolute Gasteiger partial charge is 0.00162 e. The van der Waals surface area contributed by atoms with E-state index in [0.717, 1.165) is 18.3 Å². The zero-order chi connectivity index (χ0) is 9.14. The second-order valence-electron chi connectivity index (χ2n) is 4.32. The Hall–Kier alpha value is -0.300. The summed E-state index contributed by atoms with van der Waals surface area (Å²) in [6.45, 7) is 6.71. The van der Waals surface area contributed by atoms with Crippen molar-refractivity contribution >= 4 is 0 Å². The molecule has 0 amide bonds. The van der Waals surface area contributed by atoms with Gasteiger partial charge in [0.25, 0.3) is 0 Å². The Balaban J connectivity index is 2.58. The second kappa shape index (κ2) is 4.08. The minimum Gasteiger partial charge on any atom is -0.328 e. The van der Waals surface area contributed by atoms with E-state index in [2.05, 4.69) is 26.8 Å². The molecule has 0 fully saturated rings. The highest BCUT2D eigenvalue weighted by atomic mass is 14.6. The lowest BCUT2D eigenvalue weighted by molar-refractivity contribution is 0.331. The van der Waals surface area contributed by atoms with Crippen molar-refractivity contribution in [2.45, 2.75) is 46.1 Å². The first-order valence-corrected chi connectivity index (χ1v) is 5.03. The molecule has 2 N–H and O–H groups in total. The van der Waals surface area contributed by atoms with Crippen LogP contribution < -0.4 is 5.73 Å². The quantitative estimate of drug-likeness (QED) is 0.629. The molecule has 1 aliphatic rings. The molecule has 3 unspecified atom stereocenters. The summed E-state index contributed by atoms with van der Waals surface area (Å²) in [5.41, 5.74) is 7.38. The summed E-state index contributed by atoms with van der Waals surface area (Å²) in [6, 6.07) is 0.346. The van der Waals surface area contributed by atoms with Crippen molar-refractivity contribution in [1.29, 1.82) is 0 Å². The van der Waals surface area contributed by atoms with Gasteiger partial charge < -0.3 is 5.73 Å². The average molecular weight is 167 g/mol. The summed E-state index contributed by atoms with van der Waals surface area (Å²) < 4.78 is 0. The van der Waals surface area contributed by atoms with Crippen LogP contribution in [-0.4, -0.2) is 6.04 Å². The Morgan fingerprint density at radius 3 is 2.83 bits per heavy atom. The van der Waals surface area contributed by atoms with Gasteiger partial charge in [-0.25, -0.2) is 0 Å². The first-order chi connectivity index (χ1) is 5.61. The van der Waals surface area contributed by atoms with E-state index < -0.39 is 0 Å². The van der Waals surface area contributed by atoms with Crippen LogP contribution in [-0.2, 0) is 0 Å². The van der Waals surface area contributed by atoms with Crippen LogP contribution in [0.25, 0.3) is 0 Å². The van der Waals surface area contributed by atoms with Crippen LogP contribution >= 0.6 is 0 Å². The van der Waals surface area contributed by atoms with Gasteiger partial charge in [0, 0.05) is 6.04 Å². The van der Waals surface area contributed by atoms with Crippen LogP contribution in [0.4, 0.5) is 0 Å². The molecule has 0 aromatic heterocycles.